The number of hydrogen-bond donors (Lipinski definition) is 2. The molecule has 0 aromatic rings. The Morgan fingerprint density at radius 2 is 1.85 bits per heavy atom. The zero-order valence-electron chi connectivity index (χ0n) is 11.9. The first-order valence-electron chi connectivity index (χ1n) is 6.33. The number of hydrogen-bond acceptors (Lipinski definition) is 6. The van der Waals surface area contributed by atoms with Crippen LogP contribution in [0.25, 0.3) is 0 Å². The summed E-state index contributed by atoms with van der Waals surface area (Å²) in [4.78, 5) is 34.4. The topological polar surface area (TPSA) is 102 Å². The molecule has 0 aromatic carbocycles. The molecule has 1 heterocycles. The molecule has 0 radical (unpaired) electrons. The highest BCUT2D eigenvalue weighted by Gasteiger charge is 2.39. The highest BCUT2D eigenvalue weighted by atomic mass is 16.7. The minimum Gasteiger partial charge on any atom is -0.480 e. The van der Waals surface area contributed by atoms with Gasteiger partial charge in [-0.15, -0.1) is 0 Å². The normalized spacial score (nSPS) is 20.5. The number of carbonyl (C=O) groups excluding carboxylic acids is 2. The molecule has 1 rings (SSSR count). The molecule has 1 aliphatic rings. The summed E-state index contributed by atoms with van der Waals surface area (Å²) in [7, 11) is 0. The van der Waals surface area contributed by atoms with Crippen LogP contribution in [-0.4, -0.2) is 34.8 Å². The number of nitrogens with one attached hydrogen (secondary N) is 1. The van der Waals surface area contributed by atoms with Crippen LogP contribution in [0.15, 0.2) is 11.8 Å². The van der Waals surface area contributed by atoms with Crippen LogP contribution in [0.5, 0.6) is 0 Å². The number of ether oxygens (including phenoxy) is 2. The number of aliphatic carboxylic acids is 1. The van der Waals surface area contributed by atoms with Gasteiger partial charge in [0.2, 0.25) is 0 Å². The van der Waals surface area contributed by atoms with Crippen LogP contribution in [0, 0.1) is 5.92 Å². The number of esters is 2. The average Bonchev–Trinajstić information content (AvgIpc) is 2.30. The third kappa shape index (κ3) is 3.72. The summed E-state index contributed by atoms with van der Waals surface area (Å²) < 4.78 is 9.80. The van der Waals surface area contributed by atoms with Gasteiger partial charge in [-0.2, -0.15) is 0 Å². The van der Waals surface area contributed by atoms with Crippen LogP contribution in [0.4, 0.5) is 0 Å². The maximum atomic E-state index is 11.7. The third-order valence-electron chi connectivity index (χ3n) is 3.00. The van der Waals surface area contributed by atoms with Gasteiger partial charge < -0.3 is 19.9 Å². The first kappa shape index (κ1) is 16.0. The summed E-state index contributed by atoms with van der Waals surface area (Å²) in [5, 5.41) is 11.7. The van der Waals surface area contributed by atoms with Gasteiger partial charge in [0.05, 0.1) is 0 Å². The Balaban J connectivity index is 2.86. The van der Waals surface area contributed by atoms with Crippen LogP contribution in [0.3, 0.4) is 0 Å². The molecule has 1 saturated heterocycles. The zero-order chi connectivity index (χ0) is 15.5. The predicted molar refractivity (Wildman–Crippen MR) is 68.4 cm³/mol. The molecule has 0 spiro atoms. The summed E-state index contributed by atoms with van der Waals surface area (Å²) in [6, 6.07) is -0.900. The summed E-state index contributed by atoms with van der Waals surface area (Å²) in [5.74, 6) is -4.22. The van der Waals surface area contributed by atoms with Crippen LogP contribution >= 0.6 is 0 Å². The van der Waals surface area contributed by atoms with Gasteiger partial charge in [0.25, 0.3) is 5.79 Å². The lowest BCUT2D eigenvalue weighted by molar-refractivity contribution is -0.222. The van der Waals surface area contributed by atoms with Crippen molar-refractivity contribution in [3.63, 3.8) is 0 Å². The second-order valence-electron chi connectivity index (χ2n) is 5.10. The molecule has 2 N–H and O–H groups in total. The van der Waals surface area contributed by atoms with Gasteiger partial charge in [-0.05, 0) is 5.92 Å². The average molecular weight is 285 g/mol. The predicted octanol–water partition coefficient (Wildman–Crippen LogP) is 0.795. The second-order valence-corrected chi connectivity index (χ2v) is 5.10. The van der Waals surface area contributed by atoms with Crippen LogP contribution in [-0.2, 0) is 23.9 Å². The lowest BCUT2D eigenvalue weighted by atomic mass is 9.99. The SMILES string of the molecule is CC[C@@H](C)[C@@H](NC=C1C(=O)OC(C)(C)OC1=O)C(=O)O. The molecule has 0 unspecified atom stereocenters. The van der Waals surface area contributed by atoms with Crippen molar-refractivity contribution in [1.29, 1.82) is 0 Å². The molecular weight excluding hydrogens is 266 g/mol. The van der Waals surface area contributed by atoms with E-state index < -0.39 is 29.7 Å². The fourth-order valence-corrected chi connectivity index (χ4v) is 1.67. The van der Waals surface area contributed by atoms with Gasteiger partial charge in [-0.1, -0.05) is 20.3 Å². The van der Waals surface area contributed by atoms with E-state index >= 15 is 0 Å². The first-order valence-corrected chi connectivity index (χ1v) is 6.33. The summed E-state index contributed by atoms with van der Waals surface area (Å²) in [5.41, 5.74) is -0.348. The Kier molecular flexibility index (Phi) is 4.75. The number of cyclic esters (lactones) is 2. The van der Waals surface area contributed by atoms with Crippen molar-refractivity contribution < 1.29 is 29.0 Å². The van der Waals surface area contributed by atoms with E-state index in [1.165, 1.54) is 13.8 Å². The van der Waals surface area contributed by atoms with Gasteiger partial charge in [-0.3, -0.25) is 0 Å². The molecule has 2 atom stereocenters. The zero-order valence-corrected chi connectivity index (χ0v) is 11.9. The molecule has 7 heteroatoms. The number of rotatable bonds is 5. The minimum absolute atomic E-state index is 0.170. The van der Waals surface area contributed by atoms with Gasteiger partial charge >= 0.3 is 17.9 Å². The molecule has 0 saturated carbocycles. The quantitative estimate of drug-likeness (QED) is 0.437. The lowest BCUT2D eigenvalue weighted by Gasteiger charge is -2.30. The van der Waals surface area contributed by atoms with Crippen molar-refractivity contribution in [2.24, 2.45) is 5.92 Å². The van der Waals surface area contributed by atoms with Crippen molar-refractivity contribution in [1.82, 2.24) is 5.32 Å². The summed E-state index contributed by atoms with van der Waals surface area (Å²) in [6.45, 7) is 6.48. The number of carbonyl (C=O) groups is 3. The van der Waals surface area contributed by atoms with Gasteiger partial charge in [0, 0.05) is 20.0 Å². The van der Waals surface area contributed by atoms with Crippen molar-refractivity contribution >= 4 is 17.9 Å². The van der Waals surface area contributed by atoms with E-state index in [-0.39, 0.29) is 11.5 Å². The Morgan fingerprint density at radius 1 is 1.35 bits per heavy atom. The van der Waals surface area contributed by atoms with E-state index in [0.29, 0.717) is 6.42 Å². The van der Waals surface area contributed by atoms with Crippen molar-refractivity contribution in [3.05, 3.63) is 11.8 Å². The molecule has 1 aliphatic heterocycles. The molecule has 20 heavy (non-hydrogen) atoms. The first-order chi connectivity index (χ1) is 9.18. The monoisotopic (exact) mass is 285 g/mol. The molecule has 1 fully saturated rings. The molecule has 0 aliphatic carbocycles. The third-order valence-corrected chi connectivity index (χ3v) is 3.00. The Labute approximate surface area is 116 Å². The Bertz CT molecular complexity index is 432. The smallest absolute Gasteiger partial charge is 0.350 e. The fourth-order valence-electron chi connectivity index (χ4n) is 1.67. The number of carboxylic acids is 1. The summed E-state index contributed by atoms with van der Waals surface area (Å²) in [6.07, 6.45) is 1.68. The second kappa shape index (κ2) is 5.94. The van der Waals surface area contributed by atoms with Gasteiger partial charge in [0.15, 0.2) is 5.57 Å². The maximum Gasteiger partial charge on any atom is 0.350 e. The molecule has 112 valence electrons. The van der Waals surface area contributed by atoms with Crippen molar-refractivity contribution in [3.8, 4) is 0 Å². The van der Waals surface area contributed by atoms with Crippen LogP contribution < -0.4 is 5.32 Å². The molecular formula is C13H19NO6. The van der Waals surface area contributed by atoms with E-state index in [1.54, 1.807) is 6.92 Å². The van der Waals surface area contributed by atoms with E-state index in [4.69, 9.17) is 14.6 Å². The van der Waals surface area contributed by atoms with E-state index in [2.05, 4.69) is 5.32 Å². The minimum atomic E-state index is -1.31. The van der Waals surface area contributed by atoms with Gasteiger partial charge in [0.1, 0.15) is 6.04 Å². The molecule has 7 nitrogen and oxygen atoms in total. The summed E-state index contributed by atoms with van der Waals surface area (Å²) >= 11 is 0. The van der Waals surface area contributed by atoms with E-state index in [1.807, 2.05) is 6.92 Å². The Morgan fingerprint density at radius 3 is 2.25 bits per heavy atom. The van der Waals surface area contributed by atoms with Gasteiger partial charge in [-0.25, -0.2) is 14.4 Å². The van der Waals surface area contributed by atoms with E-state index in [9.17, 15) is 14.4 Å². The highest BCUT2D eigenvalue weighted by molar-refractivity contribution is 6.15. The fraction of sp³-hybridized carbons (Fsp3) is 0.615. The largest absolute Gasteiger partial charge is 0.480 e. The lowest BCUT2D eigenvalue weighted by Crippen LogP contribution is -2.44. The van der Waals surface area contributed by atoms with Crippen LogP contribution in [0.1, 0.15) is 34.1 Å². The molecule has 0 aromatic heterocycles. The molecule has 0 bridgehead atoms. The number of carboxylic acid groups (broad SMARTS) is 1. The van der Waals surface area contributed by atoms with Crippen molar-refractivity contribution in [2.75, 3.05) is 0 Å². The highest BCUT2D eigenvalue weighted by Crippen LogP contribution is 2.22. The maximum absolute atomic E-state index is 11.7. The van der Waals surface area contributed by atoms with Crippen molar-refractivity contribution in [2.45, 2.75) is 45.9 Å². The standard InChI is InChI=1S/C13H19NO6/c1-5-7(2)9(10(15)16)14-6-8-11(17)19-13(3,4)20-12(8)18/h6-7,9,14H,5H2,1-4H3,(H,15,16)/t7-,9-/m1/s1. The van der Waals surface area contributed by atoms with E-state index in [0.717, 1.165) is 6.20 Å². The molecule has 0 amide bonds. The Hall–Kier alpha value is -2.05. The van der Waals surface area contributed by atoms with Crippen LogP contribution in [0.2, 0.25) is 0 Å².